The standard InChI is InChI=1S/C33H53N3O8.C26H39N3O5.C25H37N3O5/c1-25-19-26-23-35(9-5-28(26)34-22-25)32(37)33-7-12-44-31(33)20-27(21-33)36(29-6-11-43-24-30(29)39-3)8-4-10-40-15-16-42-18-17-41-14-13-38-2;1-18-12-19-16-28(8-4-21(19)27-15-18)25(31)26-6-11-34-24(26)13-20(14-26)29(7-3-9-30)22-5-10-33-17-23(22)32-2;1-17-11-18-15-27(6-3-20(18)26-14-17)24(30)25-5-10-33-23(25)12-19(13-25)28(7-8-29)21-4-9-32-16-22(21)31-2/h19,22,27,29-31H,4-18,20-21,23-24H2,1-3H3;12,15,20,22-24,30H,3-11,13-14,16-17H2,1-2H3;11,14,19,21-23,29H,3-10,12-13,15-16H2,1-2H3/t27-,29+,30-,31-,33-;20-,22+,23-,24-,26-;19-,21+,22-,23-,25-/m111/s1. The summed E-state index contributed by atoms with van der Waals surface area (Å²) in [6, 6.07) is 7.85. The van der Waals surface area contributed by atoms with Gasteiger partial charge in [0, 0.05) is 231 Å². The van der Waals surface area contributed by atoms with Crippen molar-refractivity contribution < 1.29 is 86.2 Å². The van der Waals surface area contributed by atoms with Crippen LogP contribution in [-0.4, -0.2) is 332 Å². The first-order chi connectivity index (χ1) is 54.2. The van der Waals surface area contributed by atoms with Gasteiger partial charge in [-0.15, -0.1) is 0 Å². The number of ether oxygens (including phenoxy) is 13. The van der Waals surface area contributed by atoms with Crippen LogP contribution in [0.5, 0.6) is 0 Å². The molecule has 15 rings (SSSR count). The van der Waals surface area contributed by atoms with E-state index in [1.165, 1.54) is 16.7 Å². The van der Waals surface area contributed by atoms with Crippen molar-refractivity contribution in [3.8, 4) is 0 Å². The molecule has 12 heterocycles. The minimum absolute atomic E-state index is 0.00604. The molecule has 0 spiro atoms. The third kappa shape index (κ3) is 19.2. The number of hydrogen-bond acceptors (Lipinski definition) is 24. The van der Waals surface area contributed by atoms with Crippen LogP contribution in [0.25, 0.3) is 0 Å². The zero-order valence-corrected chi connectivity index (χ0v) is 67.5. The van der Waals surface area contributed by atoms with E-state index in [0.29, 0.717) is 132 Å². The molecule has 12 aliphatic rings. The van der Waals surface area contributed by atoms with Gasteiger partial charge in [-0.1, -0.05) is 18.2 Å². The number of hydrogen-bond donors (Lipinski definition) is 2. The summed E-state index contributed by atoms with van der Waals surface area (Å²) >= 11 is 0. The minimum Gasteiger partial charge on any atom is -0.396 e. The van der Waals surface area contributed by atoms with Crippen molar-refractivity contribution in [1.29, 1.82) is 0 Å². The number of aryl methyl sites for hydroxylation is 3. The minimum atomic E-state index is -0.471. The Hall–Kier alpha value is -4.86. The van der Waals surface area contributed by atoms with Crippen LogP contribution in [-0.2, 0) is 115 Å². The zero-order chi connectivity index (χ0) is 77.5. The van der Waals surface area contributed by atoms with Crippen molar-refractivity contribution in [1.82, 2.24) is 44.4 Å². The first-order valence-electron chi connectivity index (χ1n) is 41.8. The molecule has 0 unspecified atom stereocenters. The van der Waals surface area contributed by atoms with Gasteiger partial charge in [-0.05, 0) is 144 Å². The Morgan fingerprint density at radius 1 is 0.459 bits per heavy atom. The second-order valence-electron chi connectivity index (χ2n) is 33.2. The summed E-state index contributed by atoms with van der Waals surface area (Å²) in [6.45, 7) is 22.6. The SMILES string of the molecule is COCCOCCOCCOCCCN([C@@H]1C[C@H]2OCC[C@@]2(C(=O)N2CCc3ncc(C)cc3C2)C1)[C@H]1CCOC[C@H]1OC.CO[C@@H]1COCC[C@@H]1N(CCCO)[C@@H]1C[C@H]2OCC[C@@]2(C(=O)N2CCc3ncc(C)cc3C2)C1.CO[C@@H]1COCC[C@@H]1N(CCO)[C@@H]1C[C@H]2OCC[C@@]2(C(=O)N2CCc3ncc(C)cc3C2)C1. The van der Waals surface area contributed by atoms with E-state index in [9.17, 15) is 24.6 Å². The maximum Gasteiger partial charge on any atom is 0.231 e. The highest BCUT2D eigenvalue weighted by atomic mass is 16.6. The van der Waals surface area contributed by atoms with Crippen LogP contribution >= 0.6 is 0 Å². The Balaban J connectivity index is 0.000000148. The van der Waals surface area contributed by atoms with Crippen LogP contribution in [0.3, 0.4) is 0 Å². The predicted octanol–water partition coefficient (Wildman–Crippen LogP) is 5.42. The fraction of sp³-hybridized carbons (Fsp3) is 0.786. The third-order valence-corrected chi connectivity index (χ3v) is 26.6. The fourth-order valence-corrected chi connectivity index (χ4v) is 21.0. The average Bonchev–Trinajstić information content (AvgIpc) is 1.60. The molecular weight excluding hydrogens is 1420 g/mol. The van der Waals surface area contributed by atoms with Crippen molar-refractivity contribution in [3.63, 3.8) is 0 Å². The number of amides is 3. The Morgan fingerprint density at radius 3 is 1.14 bits per heavy atom. The molecule has 111 heavy (non-hydrogen) atoms. The molecule has 3 aromatic rings. The molecule has 2 N–H and O–H groups in total. The molecule has 9 fully saturated rings. The molecule has 3 aromatic heterocycles. The van der Waals surface area contributed by atoms with E-state index in [0.717, 1.165) is 176 Å². The van der Waals surface area contributed by atoms with Gasteiger partial charge in [-0.2, -0.15) is 0 Å². The van der Waals surface area contributed by atoms with E-state index in [1.807, 2.05) is 23.5 Å². The number of rotatable bonds is 30. The number of fused-ring (bicyclic) bond motifs is 6. The Labute approximate surface area is 657 Å². The molecule has 3 aliphatic carbocycles. The van der Waals surface area contributed by atoms with Gasteiger partial charge in [-0.3, -0.25) is 44.0 Å². The summed E-state index contributed by atoms with van der Waals surface area (Å²) in [6.07, 6.45) is 19.6. The summed E-state index contributed by atoms with van der Waals surface area (Å²) in [7, 11) is 6.92. The van der Waals surface area contributed by atoms with Crippen LogP contribution in [0.4, 0.5) is 0 Å². The van der Waals surface area contributed by atoms with Crippen molar-refractivity contribution in [2.45, 2.75) is 222 Å². The molecule has 9 aliphatic heterocycles. The topological polar surface area (TPSA) is 270 Å². The van der Waals surface area contributed by atoms with Crippen LogP contribution in [0, 0.1) is 37.0 Å². The van der Waals surface area contributed by atoms with E-state index >= 15 is 0 Å². The lowest BCUT2D eigenvalue weighted by Crippen LogP contribution is -2.54. The lowest BCUT2D eigenvalue weighted by Gasteiger charge is -2.43. The van der Waals surface area contributed by atoms with Gasteiger partial charge < -0.3 is 86.5 Å². The fourth-order valence-electron chi connectivity index (χ4n) is 21.0. The van der Waals surface area contributed by atoms with Gasteiger partial charge in [0.25, 0.3) is 0 Å². The highest BCUT2D eigenvalue weighted by molar-refractivity contribution is 5.86. The van der Waals surface area contributed by atoms with E-state index in [4.69, 9.17) is 61.6 Å². The van der Waals surface area contributed by atoms with Gasteiger partial charge in [-0.25, -0.2) is 0 Å². The maximum absolute atomic E-state index is 14.4. The number of carbonyl (C=O) groups excluding carboxylic acids is 3. The summed E-state index contributed by atoms with van der Waals surface area (Å²) in [5, 5.41) is 19.4. The van der Waals surface area contributed by atoms with Crippen molar-refractivity contribution in [3.05, 3.63) is 87.3 Å². The molecule has 3 amide bonds. The lowest BCUT2D eigenvalue weighted by molar-refractivity contribution is -0.146. The number of aromatic nitrogens is 3. The van der Waals surface area contributed by atoms with Crippen LogP contribution in [0.1, 0.15) is 140 Å². The largest absolute Gasteiger partial charge is 0.396 e. The van der Waals surface area contributed by atoms with Gasteiger partial charge in [0.1, 0.15) is 0 Å². The second kappa shape index (κ2) is 39.9. The van der Waals surface area contributed by atoms with Crippen LogP contribution < -0.4 is 0 Å². The van der Waals surface area contributed by atoms with Crippen LogP contribution in [0.15, 0.2) is 36.8 Å². The molecule has 618 valence electrons. The zero-order valence-electron chi connectivity index (χ0n) is 67.5. The Morgan fingerprint density at radius 2 is 0.802 bits per heavy atom. The summed E-state index contributed by atoms with van der Waals surface area (Å²) in [5.74, 6) is 0.748. The molecule has 6 saturated heterocycles. The van der Waals surface area contributed by atoms with E-state index < -0.39 is 16.2 Å². The number of pyridine rings is 3. The molecule has 0 bridgehead atoms. The highest BCUT2D eigenvalue weighted by Gasteiger charge is 2.62. The van der Waals surface area contributed by atoms with E-state index in [2.05, 4.69) is 78.4 Å². The van der Waals surface area contributed by atoms with Gasteiger partial charge in [0.2, 0.25) is 17.7 Å². The molecular formula is C84H129N9O18. The second-order valence-corrected chi connectivity index (χ2v) is 33.2. The van der Waals surface area contributed by atoms with Gasteiger partial charge in [0.05, 0.1) is 119 Å². The highest BCUT2D eigenvalue weighted by Crippen LogP contribution is 2.54. The summed E-state index contributed by atoms with van der Waals surface area (Å²) < 4.78 is 75.2. The molecule has 27 heteroatoms. The number of aliphatic hydroxyl groups excluding tert-OH is 2. The molecule has 0 radical (unpaired) electrons. The van der Waals surface area contributed by atoms with Gasteiger partial charge in [0.15, 0.2) is 0 Å². The number of methoxy groups -OCH3 is 4. The number of carbonyl (C=O) groups is 3. The van der Waals surface area contributed by atoms with Crippen molar-refractivity contribution in [2.24, 2.45) is 16.2 Å². The quantitative estimate of drug-likeness (QED) is 0.0789. The summed E-state index contributed by atoms with van der Waals surface area (Å²) in [4.78, 5) is 69.9. The monoisotopic (exact) mass is 1550 g/mol. The van der Waals surface area contributed by atoms with Crippen molar-refractivity contribution >= 4 is 17.7 Å². The normalized spacial score (nSPS) is 31.5. The smallest absolute Gasteiger partial charge is 0.231 e. The molecule has 15 atom stereocenters. The van der Waals surface area contributed by atoms with Crippen molar-refractivity contribution in [2.75, 3.05) is 187 Å². The number of nitrogens with zero attached hydrogens (tertiary/aromatic N) is 9. The summed E-state index contributed by atoms with van der Waals surface area (Å²) in [5.41, 5.74) is 8.90. The third-order valence-electron chi connectivity index (χ3n) is 26.6. The van der Waals surface area contributed by atoms with Gasteiger partial charge >= 0.3 is 0 Å². The van der Waals surface area contributed by atoms with E-state index in [-0.39, 0.29) is 104 Å². The molecule has 3 saturated carbocycles. The first-order valence-corrected chi connectivity index (χ1v) is 41.8. The van der Waals surface area contributed by atoms with Crippen LogP contribution in [0.2, 0.25) is 0 Å². The lowest BCUT2D eigenvalue weighted by atomic mass is 9.80. The molecule has 0 aromatic carbocycles. The maximum atomic E-state index is 14.4. The molecule has 27 nitrogen and oxygen atoms in total. The predicted molar refractivity (Wildman–Crippen MR) is 412 cm³/mol. The Bertz CT molecular complexity index is 3490. The Kier molecular flexibility index (Phi) is 30.2. The average molecular weight is 1550 g/mol. The number of aliphatic hydroxyl groups is 2. The van der Waals surface area contributed by atoms with E-state index in [1.54, 1.807) is 28.4 Å². The first kappa shape index (κ1) is 84.1.